The molecule has 0 bridgehead atoms. The number of allylic oxidation sites excluding steroid dienone is 4. The lowest BCUT2D eigenvalue weighted by Gasteiger charge is -2.40. The summed E-state index contributed by atoms with van der Waals surface area (Å²) in [5.74, 6) is 0. The van der Waals surface area contributed by atoms with Crippen molar-refractivity contribution in [3.05, 3.63) is 64.7 Å². The monoisotopic (exact) mass is 316 g/mol. The lowest BCUT2D eigenvalue weighted by molar-refractivity contribution is 0.429. The van der Waals surface area contributed by atoms with Crippen LogP contribution in [0.5, 0.6) is 0 Å². The quantitative estimate of drug-likeness (QED) is 0.541. The van der Waals surface area contributed by atoms with E-state index in [0.29, 0.717) is 5.41 Å². The normalized spacial score (nSPS) is 20.9. The summed E-state index contributed by atoms with van der Waals surface area (Å²) >= 11 is 0. The first-order valence-corrected chi connectivity index (χ1v) is 9.28. The van der Waals surface area contributed by atoms with Crippen LogP contribution in [0.2, 0.25) is 0 Å². The molecule has 0 aliphatic heterocycles. The minimum Gasteiger partial charge on any atom is -0.0779 e. The Morgan fingerprint density at radius 2 is 1.71 bits per heavy atom. The van der Waals surface area contributed by atoms with Gasteiger partial charge in [0.15, 0.2) is 0 Å². The lowest BCUT2D eigenvalue weighted by atomic mass is 9.64. The average Bonchev–Trinajstić information content (AvgIpc) is 2.51. The van der Waals surface area contributed by atoms with Gasteiger partial charge >= 0.3 is 0 Å². The van der Waals surface area contributed by atoms with Crippen LogP contribution in [0.1, 0.15) is 64.2 Å². The maximum Gasteiger partial charge on any atom is -0.00538 e. The van der Waals surface area contributed by atoms with E-state index < -0.39 is 0 Å². The van der Waals surface area contributed by atoms with Gasteiger partial charge < -0.3 is 0 Å². The highest BCUT2D eigenvalue weighted by molar-refractivity contribution is 5.95. The predicted octanol–water partition coefficient (Wildman–Crippen LogP) is 6.82. The van der Waals surface area contributed by atoms with Gasteiger partial charge in [-0.3, -0.25) is 0 Å². The molecule has 0 unspecified atom stereocenters. The third kappa shape index (κ3) is 2.35. The Bertz CT molecular complexity index is 888. The molecule has 0 aromatic heterocycles. The Labute approximate surface area is 146 Å². The van der Waals surface area contributed by atoms with Gasteiger partial charge in [0.2, 0.25) is 0 Å². The Morgan fingerprint density at radius 3 is 2.46 bits per heavy atom. The van der Waals surface area contributed by atoms with Crippen LogP contribution in [0.4, 0.5) is 0 Å². The van der Waals surface area contributed by atoms with Crippen LogP contribution in [-0.4, -0.2) is 0 Å². The molecule has 0 saturated heterocycles. The minimum atomic E-state index is 0.196. The molecule has 2 aromatic rings. The van der Waals surface area contributed by atoms with Crippen molar-refractivity contribution in [3.63, 3.8) is 0 Å². The Hall–Kier alpha value is -1.82. The fraction of sp³-hybridized carbons (Fsp3) is 0.417. The molecule has 0 radical (unpaired) electrons. The van der Waals surface area contributed by atoms with Crippen LogP contribution in [0, 0.1) is 5.41 Å². The first-order chi connectivity index (χ1) is 11.3. The molecule has 0 N–H and O–H groups in total. The number of benzene rings is 2. The molecule has 0 nitrogen and oxygen atoms in total. The van der Waals surface area contributed by atoms with Gasteiger partial charge in [-0.1, -0.05) is 82.7 Å². The largest absolute Gasteiger partial charge is 0.0779 e. The van der Waals surface area contributed by atoms with Crippen molar-refractivity contribution in [2.75, 3.05) is 0 Å². The van der Waals surface area contributed by atoms with Crippen molar-refractivity contribution in [1.29, 1.82) is 0 Å². The van der Waals surface area contributed by atoms with Gasteiger partial charge in [-0.2, -0.15) is 0 Å². The Morgan fingerprint density at radius 1 is 0.958 bits per heavy atom. The number of aryl methyl sites for hydroxylation is 1. The highest BCUT2D eigenvalue weighted by Crippen LogP contribution is 2.50. The van der Waals surface area contributed by atoms with Crippen LogP contribution in [0.3, 0.4) is 0 Å². The second kappa shape index (κ2) is 5.09. The van der Waals surface area contributed by atoms with Crippen molar-refractivity contribution < 1.29 is 0 Å². The third-order valence-electron chi connectivity index (χ3n) is 5.87. The van der Waals surface area contributed by atoms with Crippen LogP contribution in [-0.2, 0) is 11.8 Å². The molecule has 0 heteroatoms. The molecule has 24 heavy (non-hydrogen) atoms. The molecular formula is C24H28. The first kappa shape index (κ1) is 15.7. The Balaban J connectivity index is 2.01. The summed E-state index contributed by atoms with van der Waals surface area (Å²) < 4.78 is 0. The van der Waals surface area contributed by atoms with Gasteiger partial charge in [-0.15, -0.1) is 0 Å². The van der Waals surface area contributed by atoms with Gasteiger partial charge in [0.1, 0.15) is 0 Å². The second-order valence-electron chi connectivity index (χ2n) is 8.97. The Kier molecular flexibility index (Phi) is 3.33. The molecule has 4 rings (SSSR count). The number of hydrogen-bond donors (Lipinski definition) is 0. The number of fused-ring (bicyclic) bond motifs is 4. The van der Waals surface area contributed by atoms with Gasteiger partial charge in [-0.25, -0.2) is 0 Å². The molecule has 2 aromatic carbocycles. The molecule has 0 atom stereocenters. The van der Waals surface area contributed by atoms with Crippen molar-refractivity contribution in [2.45, 2.75) is 59.3 Å². The summed E-state index contributed by atoms with van der Waals surface area (Å²) in [7, 11) is 0. The van der Waals surface area contributed by atoms with Crippen molar-refractivity contribution in [3.8, 4) is 0 Å². The molecule has 124 valence electrons. The van der Waals surface area contributed by atoms with Crippen LogP contribution in [0.25, 0.3) is 16.3 Å². The standard InChI is InChI=1S/C24H28/c1-6-16-7-8-17-9-10-20-19-11-12-23(2,3)14-18(19)15-24(4,5)22(20)21(17)13-16/h7-13H,6,14-15H2,1-5H3. The minimum absolute atomic E-state index is 0.196. The predicted molar refractivity (Wildman–Crippen MR) is 105 cm³/mol. The highest BCUT2D eigenvalue weighted by Gasteiger charge is 2.36. The molecule has 0 fully saturated rings. The average molecular weight is 316 g/mol. The van der Waals surface area contributed by atoms with E-state index in [9.17, 15) is 0 Å². The van der Waals surface area contributed by atoms with E-state index in [1.165, 1.54) is 40.3 Å². The van der Waals surface area contributed by atoms with Crippen molar-refractivity contribution in [1.82, 2.24) is 0 Å². The van der Waals surface area contributed by atoms with Crippen molar-refractivity contribution in [2.24, 2.45) is 5.41 Å². The maximum atomic E-state index is 2.43. The van der Waals surface area contributed by atoms with Crippen LogP contribution < -0.4 is 0 Å². The molecular weight excluding hydrogens is 288 g/mol. The van der Waals surface area contributed by atoms with Crippen molar-refractivity contribution >= 4 is 16.3 Å². The molecule has 2 aliphatic rings. The summed E-state index contributed by atoms with van der Waals surface area (Å²) in [5, 5.41) is 2.84. The fourth-order valence-electron chi connectivity index (χ4n) is 4.73. The zero-order chi connectivity index (χ0) is 17.1. The van der Waals surface area contributed by atoms with Crippen LogP contribution >= 0.6 is 0 Å². The van der Waals surface area contributed by atoms with E-state index in [2.05, 4.69) is 77.1 Å². The lowest BCUT2D eigenvalue weighted by Crippen LogP contribution is -2.27. The summed E-state index contributed by atoms with van der Waals surface area (Å²) in [6.07, 6.45) is 8.26. The van der Waals surface area contributed by atoms with E-state index in [1.54, 1.807) is 11.1 Å². The summed E-state index contributed by atoms with van der Waals surface area (Å²) in [4.78, 5) is 0. The number of hydrogen-bond acceptors (Lipinski definition) is 0. The van der Waals surface area contributed by atoms with E-state index in [1.807, 2.05) is 0 Å². The third-order valence-corrected chi connectivity index (χ3v) is 5.87. The topological polar surface area (TPSA) is 0 Å². The van der Waals surface area contributed by atoms with E-state index >= 15 is 0 Å². The highest BCUT2D eigenvalue weighted by atomic mass is 14.4. The fourth-order valence-corrected chi connectivity index (χ4v) is 4.73. The zero-order valence-electron chi connectivity index (χ0n) is 15.7. The van der Waals surface area contributed by atoms with E-state index in [0.717, 1.165) is 6.42 Å². The summed E-state index contributed by atoms with van der Waals surface area (Å²) in [5.41, 5.74) is 8.08. The van der Waals surface area contributed by atoms with Gasteiger partial charge in [0.05, 0.1) is 0 Å². The molecule has 0 spiro atoms. The maximum absolute atomic E-state index is 2.43. The second-order valence-corrected chi connectivity index (χ2v) is 8.97. The first-order valence-electron chi connectivity index (χ1n) is 9.28. The van der Waals surface area contributed by atoms with Gasteiger partial charge in [-0.05, 0) is 63.1 Å². The van der Waals surface area contributed by atoms with Gasteiger partial charge in [0, 0.05) is 0 Å². The van der Waals surface area contributed by atoms with E-state index in [4.69, 9.17) is 0 Å². The zero-order valence-corrected chi connectivity index (χ0v) is 15.7. The SMILES string of the molecule is CCc1ccc2ccc3c(c2c1)C(C)(C)CC1=C3C=CC(C)(C)C1. The van der Waals surface area contributed by atoms with Gasteiger partial charge in [0.25, 0.3) is 0 Å². The summed E-state index contributed by atoms with van der Waals surface area (Å²) in [6, 6.07) is 11.7. The molecule has 0 saturated carbocycles. The molecule has 2 aliphatic carbocycles. The molecule has 0 amide bonds. The molecule has 0 heterocycles. The van der Waals surface area contributed by atoms with E-state index in [-0.39, 0.29) is 5.41 Å². The summed E-state index contributed by atoms with van der Waals surface area (Å²) in [6.45, 7) is 11.8. The number of rotatable bonds is 1. The smallest absolute Gasteiger partial charge is 0.00538 e. The van der Waals surface area contributed by atoms with Crippen LogP contribution in [0.15, 0.2) is 48.1 Å².